The molecule has 0 fully saturated rings. The molecule has 1 N–H and O–H groups in total. The van der Waals surface area contributed by atoms with Gasteiger partial charge in [-0.05, 0) is 14.0 Å². The van der Waals surface area contributed by atoms with Crippen LogP contribution in [0.25, 0.3) is 0 Å². The van der Waals surface area contributed by atoms with Gasteiger partial charge < -0.3 is 9.87 Å². The molecule has 0 spiro atoms. The van der Waals surface area contributed by atoms with Gasteiger partial charge in [0.1, 0.15) is 10.1 Å². The first-order valence-corrected chi connectivity index (χ1v) is 3.57. The number of nitrogens with one attached hydrogen (secondary N) is 1. The van der Waals surface area contributed by atoms with Crippen LogP contribution in [0.4, 0.5) is 0 Å². The first kappa shape index (κ1) is 12.5. The van der Waals surface area contributed by atoms with Crippen molar-refractivity contribution in [3.8, 4) is 0 Å². The fraction of sp³-hybridized carbons (Fsp3) is 1.00. The van der Waals surface area contributed by atoms with Crippen molar-refractivity contribution in [2.45, 2.75) is 12.3 Å². The second kappa shape index (κ2) is 4.65. The molecule has 0 aromatic carbocycles. The number of rotatable bonds is 2. The summed E-state index contributed by atoms with van der Waals surface area (Å²) in [5.41, 5.74) is 0. The maximum Gasteiger partial charge on any atom is 1.00 e. The zero-order valence-corrected chi connectivity index (χ0v) is 8.53. The molecule has 0 rings (SSSR count). The molecule has 4 nitrogen and oxygen atoms in total. The predicted octanol–water partition coefficient (Wildman–Crippen LogP) is -3.90. The molecule has 0 aromatic rings. The smallest absolute Gasteiger partial charge is 0.747 e. The van der Waals surface area contributed by atoms with E-state index in [1.807, 2.05) is 0 Å². The summed E-state index contributed by atoms with van der Waals surface area (Å²) in [5, 5.41) is 1.32. The Morgan fingerprint density at radius 2 is 1.89 bits per heavy atom. The first-order valence-electron chi connectivity index (χ1n) is 2.10. The van der Waals surface area contributed by atoms with Crippen molar-refractivity contribution in [3.63, 3.8) is 0 Å². The molecule has 0 aliphatic carbocycles. The molecule has 0 aromatic heterocycles. The van der Waals surface area contributed by atoms with E-state index in [0.29, 0.717) is 0 Å². The summed E-state index contributed by atoms with van der Waals surface area (Å²) in [6.07, 6.45) is 0. The van der Waals surface area contributed by atoms with Crippen LogP contribution in [0.2, 0.25) is 0 Å². The Morgan fingerprint density at radius 3 is 1.89 bits per heavy atom. The molecule has 50 valence electrons. The van der Waals surface area contributed by atoms with Crippen molar-refractivity contribution in [1.29, 1.82) is 0 Å². The Balaban J connectivity index is 0. The van der Waals surface area contributed by atoms with Crippen LogP contribution in [0.5, 0.6) is 0 Å². The van der Waals surface area contributed by atoms with Crippen molar-refractivity contribution in [2.24, 2.45) is 0 Å². The maximum absolute atomic E-state index is 9.94. The van der Waals surface area contributed by atoms with Gasteiger partial charge in [-0.15, -0.1) is 0 Å². The van der Waals surface area contributed by atoms with Crippen molar-refractivity contribution in [3.05, 3.63) is 0 Å². The monoisotopic (exact) mass is 161 g/mol. The third-order valence-corrected chi connectivity index (χ3v) is 1.94. The summed E-state index contributed by atoms with van der Waals surface area (Å²) in [6.45, 7) is 1.29. The van der Waals surface area contributed by atoms with Gasteiger partial charge in [0.15, 0.2) is 0 Å². The van der Waals surface area contributed by atoms with Crippen LogP contribution in [0, 0.1) is 0 Å². The number of hydrogen-bond acceptors (Lipinski definition) is 4. The topological polar surface area (TPSA) is 69.2 Å². The molecule has 9 heavy (non-hydrogen) atoms. The van der Waals surface area contributed by atoms with Gasteiger partial charge in [0.2, 0.25) is 0 Å². The van der Waals surface area contributed by atoms with E-state index in [2.05, 4.69) is 5.32 Å². The van der Waals surface area contributed by atoms with E-state index in [-0.39, 0.29) is 29.6 Å². The van der Waals surface area contributed by atoms with E-state index >= 15 is 0 Å². The molecule has 0 amide bonds. The molecule has 0 bridgehead atoms. The molecule has 0 radical (unpaired) electrons. The van der Waals surface area contributed by atoms with Crippen LogP contribution in [0.1, 0.15) is 6.92 Å². The van der Waals surface area contributed by atoms with Crippen molar-refractivity contribution >= 4 is 10.1 Å². The summed E-state index contributed by atoms with van der Waals surface area (Å²) in [7, 11) is -2.70. The van der Waals surface area contributed by atoms with E-state index < -0.39 is 15.5 Å². The molecule has 1 unspecified atom stereocenters. The van der Waals surface area contributed by atoms with Gasteiger partial charge in [0, 0.05) is 0 Å². The van der Waals surface area contributed by atoms with E-state index in [4.69, 9.17) is 0 Å². The maximum atomic E-state index is 9.94. The Hall–Kier alpha value is 0.870. The normalized spacial score (nSPS) is 14.1. The zero-order valence-electron chi connectivity index (χ0n) is 5.71. The molecule has 0 saturated carbocycles. The fourth-order valence-corrected chi connectivity index (χ4v) is 0.433. The van der Waals surface area contributed by atoms with E-state index in [1.54, 1.807) is 0 Å². The summed E-state index contributed by atoms with van der Waals surface area (Å²) >= 11 is 0. The van der Waals surface area contributed by atoms with Crippen molar-refractivity contribution in [1.82, 2.24) is 5.32 Å². The Kier molecular flexibility index (Phi) is 6.48. The third kappa shape index (κ3) is 5.32. The van der Waals surface area contributed by atoms with Crippen LogP contribution < -0.4 is 34.9 Å². The third-order valence-electron chi connectivity index (χ3n) is 0.840. The zero-order chi connectivity index (χ0) is 6.78. The standard InChI is InChI=1S/C3H9NO3S.Na/c1-3(4-2)8(5,6)7;/h3-4H,1-2H3,(H,5,6,7);/q;+1/p-1. The summed E-state index contributed by atoms with van der Waals surface area (Å²) in [4.78, 5) is 0. The van der Waals surface area contributed by atoms with Gasteiger partial charge in [-0.3, -0.25) is 0 Å². The molecule has 1 atom stereocenters. The van der Waals surface area contributed by atoms with Gasteiger partial charge in [-0.2, -0.15) is 0 Å². The van der Waals surface area contributed by atoms with E-state index in [9.17, 15) is 13.0 Å². The molecular weight excluding hydrogens is 153 g/mol. The SMILES string of the molecule is CNC(C)S(=O)(=O)[O-].[Na+]. The predicted molar refractivity (Wildman–Crippen MR) is 28.2 cm³/mol. The van der Waals surface area contributed by atoms with Crippen LogP contribution in [-0.4, -0.2) is 25.4 Å². The van der Waals surface area contributed by atoms with Crippen LogP contribution in [0.3, 0.4) is 0 Å². The van der Waals surface area contributed by atoms with Gasteiger partial charge in [-0.25, -0.2) is 8.42 Å². The van der Waals surface area contributed by atoms with Gasteiger partial charge >= 0.3 is 29.6 Å². The van der Waals surface area contributed by atoms with Gasteiger partial charge in [0.05, 0.1) is 5.37 Å². The second-order valence-corrected chi connectivity index (χ2v) is 3.12. The number of hydrogen-bond donors (Lipinski definition) is 1. The van der Waals surface area contributed by atoms with Crippen LogP contribution in [-0.2, 0) is 10.1 Å². The average molecular weight is 161 g/mol. The molecular formula is C3H8NNaO3S. The largest absolute Gasteiger partial charge is 1.00 e. The van der Waals surface area contributed by atoms with Crippen LogP contribution >= 0.6 is 0 Å². The summed E-state index contributed by atoms with van der Waals surface area (Å²) in [6, 6.07) is 0. The minimum Gasteiger partial charge on any atom is -0.747 e. The van der Waals surface area contributed by atoms with E-state index in [1.165, 1.54) is 14.0 Å². The average Bonchev–Trinajstić information content (AvgIpc) is 1.62. The molecule has 0 heterocycles. The molecule has 6 heteroatoms. The minimum atomic E-state index is -4.11. The van der Waals surface area contributed by atoms with Gasteiger partial charge in [-0.1, -0.05) is 0 Å². The van der Waals surface area contributed by atoms with E-state index in [0.717, 1.165) is 0 Å². The molecule has 0 aliphatic rings. The second-order valence-electron chi connectivity index (χ2n) is 1.42. The summed E-state index contributed by atoms with van der Waals surface area (Å²) < 4.78 is 29.8. The Morgan fingerprint density at radius 1 is 1.56 bits per heavy atom. The Bertz CT molecular complexity index is 154. The Labute approximate surface area is 77.1 Å². The fourth-order valence-electron chi connectivity index (χ4n) is 0.144. The minimum absolute atomic E-state index is 0. The first-order chi connectivity index (χ1) is 3.48. The summed E-state index contributed by atoms with van der Waals surface area (Å²) in [5.74, 6) is 0. The van der Waals surface area contributed by atoms with Gasteiger partial charge in [0.25, 0.3) is 0 Å². The quantitative estimate of drug-likeness (QED) is 0.332. The van der Waals surface area contributed by atoms with Crippen molar-refractivity contribution < 1.29 is 42.5 Å². The molecule has 0 aliphatic heterocycles. The van der Waals surface area contributed by atoms with Crippen LogP contribution in [0.15, 0.2) is 0 Å². The van der Waals surface area contributed by atoms with Crippen molar-refractivity contribution in [2.75, 3.05) is 7.05 Å². The molecule has 0 saturated heterocycles.